The van der Waals surface area contributed by atoms with Gasteiger partial charge in [0.15, 0.2) is 0 Å². The van der Waals surface area contributed by atoms with Crippen molar-refractivity contribution in [1.82, 2.24) is 10.3 Å². The second-order valence-electron chi connectivity index (χ2n) is 6.65. The summed E-state index contributed by atoms with van der Waals surface area (Å²) in [5.41, 5.74) is 6.33. The maximum atomic E-state index is 12.5. The molecule has 0 unspecified atom stereocenters. The minimum atomic E-state index is -0.756. The second-order valence-corrected chi connectivity index (χ2v) is 6.65. The Kier molecular flexibility index (Phi) is 9.52. The van der Waals surface area contributed by atoms with Gasteiger partial charge in [-0.2, -0.15) is 0 Å². The fourth-order valence-electron chi connectivity index (χ4n) is 3.19. The molecule has 154 valence electrons. The molecule has 1 aliphatic carbocycles. The van der Waals surface area contributed by atoms with Crippen LogP contribution in [0.4, 0.5) is 0 Å². The average molecular weight is 428 g/mol. The van der Waals surface area contributed by atoms with Crippen LogP contribution in [-0.2, 0) is 11.3 Å². The molecule has 1 aromatic carbocycles. The smallest absolute Gasteiger partial charge is 0.240 e. The highest BCUT2D eigenvalue weighted by atomic mass is 35.5. The molecule has 1 aliphatic rings. The molecule has 1 aromatic heterocycles. The molecule has 3 rings (SSSR count). The summed E-state index contributed by atoms with van der Waals surface area (Å²) < 4.78 is 11.1. The van der Waals surface area contributed by atoms with E-state index in [4.69, 9.17) is 15.2 Å². The number of hydrogen-bond acceptors (Lipinski definition) is 5. The first kappa shape index (κ1) is 24.0. The molecule has 0 aliphatic heterocycles. The fraction of sp³-hybridized carbons (Fsp3) is 0.400. The van der Waals surface area contributed by atoms with Crippen LogP contribution in [0.1, 0.15) is 37.7 Å². The Morgan fingerprint density at radius 2 is 1.86 bits per heavy atom. The van der Waals surface area contributed by atoms with Crippen LogP contribution >= 0.6 is 24.8 Å². The van der Waals surface area contributed by atoms with Gasteiger partial charge in [0.25, 0.3) is 0 Å². The third-order valence-electron chi connectivity index (χ3n) is 4.74. The predicted octanol–water partition coefficient (Wildman–Crippen LogP) is 4.00. The van der Waals surface area contributed by atoms with Crippen LogP contribution in [0.2, 0.25) is 0 Å². The zero-order valence-corrected chi connectivity index (χ0v) is 17.5. The first-order chi connectivity index (χ1) is 12.6. The Labute approximate surface area is 178 Å². The number of carbonyl (C=O) groups excluding carboxylic acids is 1. The van der Waals surface area contributed by atoms with Crippen molar-refractivity contribution in [1.29, 1.82) is 0 Å². The summed E-state index contributed by atoms with van der Waals surface area (Å²) in [6.07, 6.45) is 6.28. The van der Waals surface area contributed by atoms with Gasteiger partial charge in [-0.1, -0.05) is 31.4 Å². The molecule has 0 atom stereocenters. The largest absolute Gasteiger partial charge is 0.497 e. The van der Waals surface area contributed by atoms with Gasteiger partial charge in [0.05, 0.1) is 12.6 Å². The molecule has 28 heavy (non-hydrogen) atoms. The zero-order chi connectivity index (χ0) is 18.4. The summed E-state index contributed by atoms with van der Waals surface area (Å²) >= 11 is 0. The van der Waals surface area contributed by atoms with Crippen molar-refractivity contribution in [3.63, 3.8) is 0 Å². The normalized spacial score (nSPS) is 14.8. The average Bonchev–Trinajstić information content (AvgIpc) is 2.68. The number of aromatic nitrogens is 1. The molecule has 1 saturated carbocycles. The van der Waals surface area contributed by atoms with Crippen LogP contribution in [0.5, 0.6) is 17.4 Å². The predicted molar refractivity (Wildman–Crippen MR) is 114 cm³/mol. The number of nitrogens with one attached hydrogen (secondary N) is 1. The minimum absolute atomic E-state index is 0. The van der Waals surface area contributed by atoms with Gasteiger partial charge in [-0.3, -0.25) is 4.79 Å². The summed E-state index contributed by atoms with van der Waals surface area (Å²) in [7, 11) is 1.61. The van der Waals surface area contributed by atoms with Crippen molar-refractivity contribution in [3.05, 3.63) is 48.2 Å². The number of nitrogens with zero attached hydrogens (tertiary/aromatic N) is 1. The van der Waals surface area contributed by atoms with E-state index in [9.17, 15) is 4.79 Å². The number of halogens is 2. The molecule has 3 N–H and O–H groups in total. The first-order valence-corrected chi connectivity index (χ1v) is 8.94. The minimum Gasteiger partial charge on any atom is -0.497 e. The molecule has 1 heterocycles. The van der Waals surface area contributed by atoms with Gasteiger partial charge in [-0.15, -0.1) is 24.8 Å². The number of amides is 1. The van der Waals surface area contributed by atoms with Crippen molar-refractivity contribution in [2.75, 3.05) is 7.11 Å². The lowest BCUT2D eigenvalue weighted by molar-refractivity contribution is -0.127. The lowest BCUT2D eigenvalue weighted by Crippen LogP contribution is -2.54. The number of pyridine rings is 1. The van der Waals surface area contributed by atoms with Crippen LogP contribution < -0.4 is 20.5 Å². The van der Waals surface area contributed by atoms with E-state index >= 15 is 0 Å². The van der Waals surface area contributed by atoms with Gasteiger partial charge in [0.1, 0.15) is 11.5 Å². The van der Waals surface area contributed by atoms with Gasteiger partial charge in [0, 0.05) is 24.4 Å². The maximum absolute atomic E-state index is 12.5. The van der Waals surface area contributed by atoms with Crippen LogP contribution in [0.15, 0.2) is 42.6 Å². The summed E-state index contributed by atoms with van der Waals surface area (Å²) in [6.45, 7) is 0.324. The maximum Gasteiger partial charge on any atom is 0.240 e. The number of nitrogens with two attached hydrogens (primary N) is 1. The lowest BCUT2D eigenvalue weighted by Gasteiger charge is -2.31. The van der Waals surface area contributed by atoms with Crippen LogP contribution in [-0.4, -0.2) is 23.5 Å². The Morgan fingerprint density at radius 3 is 2.57 bits per heavy atom. The molecule has 6 nitrogen and oxygen atoms in total. The molecular formula is C20H27Cl2N3O3. The van der Waals surface area contributed by atoms with E-state index in [2.05, 4.69) is 10.3 Å². The monoisotopic (exact) mass is 427 g/mol. The van der Waals surface area contributed by atoms with E-state index in [1.807, 2.05) is 30.3 Å². The number of rotatable bonds is 6. The van der Waals surface area contributed by atoms with E-state index in [0.717, 1.165) is 37.7 Å². The highest BCUT2D eigenvalue weighted by Crippen LogP contribution is 2.28. The molecule has 0 bridgehead atoms. The highest BCUT2D eigenvalue weighted by Gasteiger charge is 2.35. The van der Waals surface area contributed by atoms with Crippen molar-refractivity contribution in [3.8, 4) is 17.4 Å². The standard InChI is InChI=1S/C20H25N3O3.2ClH/c1-25-16-8-5-9-17(13-16)26-18-15(7-6-12-22-18)14-23-19(24)20(21)10-3-2-4-11-20;;/h5-9,12-13H,2-4,10-11,14,21H2,1H3,(H,23,24);2*1H. The SMILES string of the molecule is COc1cccc(Oc2ncccc2CNC(=O)C2(N)CCCCC2)c1.Cl.Cl. The van der Waals surface area contributed by atoms with E-state index in [-0.39, 0.29) is 30.7 Å². The van der Waals surface area contributed by atoms with E-state index < -0.39 is 5.54 Å². The van der Waals surface area contributed by atoms with Crippen LogP contribution in [0, 0.1) is 0 Å². The van der Waals surface area contributed by atoms with Crippen molar-refractivity contribution >= 4 is 30.7 Å². The first-order valence-electron chi connectivity index (χ1n) is 8.94. The van der Waals surface area contributed by atoms with Crippen molar-refractivity contribution in [2.45, 2.75) is 44.2 Å². The molecule has 0 spiro atoms. The van der Waals surface area contributed by atoms with Crippen LogP contribution in [0.25, 0.3) is 0 Å². The molecular weight excluding hydrogens is 401 g/mol. The summed E-state index contributed by atoms with van der Waals surface area (Å²) in [4.78, 5) is 16.8. The topological polar surface area (TPSA) is 86.5 Å². The van der Waals surface area contributed by atoms with Gasteiger partial charge in [-0.25, -0.2) is 4.98 Å². The molecule has 8 heteroatoms. The van der Waals surface area contributed by atoms with Gasteiger partial charge in [0.2, 0.25) is 11.8 Å². The Hall–Kier alpha value is -2.02. The molecule has 1 amide bonds. The molecule has 1 fully saturated rings. The molecule has 0 saturated heterocycles. The summed E-state index contributed by atoms with van der Waals surface area (Å²) in [6, 6.07) is 11.0. The molecule has 0 radical (unpaired) electrons. The fourth-order valence-corrected chi connectivity index (χ4v) is 3.19. The van der Waals surface area contributed by atoms with E-state index in [0.29, 0.717) is 23.9 Å². The van der Waals surface area contributed by atoms with Crippen LogP contribution in [0.3, 0.4) is 0 Å². The van der Waals surface area contributed by atoms with Gasteiger partial charge < -0.3 is 20.5 Å². The summed E-state index contributed by atoms with van der Waals surface area (Å²) in [5.74, 6) is 1.68. The number of methoxy groups -OCH3 is 1. The Morgan fingerprint density at radius 1 is 1.14 bits per heavy atom. The van der Waals surface area contributed by atoms with Crippen molar-refractivity contribution < 1.29 is 14.3 Å². The number of hydrogen-bond donors (Lipinski definition) is 2. The Bertz CT molecular complexity index is 768. The second kappa shape index (κ2) is 11.1. The van der Waals surface area contributed by atoms with Gasteiger partial charge in [-0.05, 0) is 31.0 Å². The number of carbonyl (C=O) groups is 1. The number of ether oxygens (including phenoxy) is 2. The summed E-state index contributed by atoms with van der Waals surface area (Å²) in [5, 5.41) is 2.95. The van der Waals surface area contributed by atoms with Gasteiger partial charge >= 0.3 is 0 Å². The highest BCUT2D eigenvalue weighted by molar-refractivity contribution is 5.86. The third-order valence-corrected chi connectivity index (χ3v) is 4.74. The zero-order valence-electron chi connectivity index (χ0n) is 15.8. The van der Waals surface area contributed by atoms with E-state index in [1.165, 1.54) is 0 Å². The lowest BCUT2D eigenvalue weighted by atomic mass is 9.82. The Balaban J connectivity index is 0.00000196. The van der Waals surface area contributed by atoms with E-state index in [1.54, 1.807) is 19.4 Å². The third kappa shape index (κ3) is 5.99. The molecule has 2 aromatic rings. The quantitative estimate of drug-likeness (QED) is 0.726. The van der Waals surface area contributed by atoms with Crippen molar-refractivity contribution in [2.24, 2.45) is 5.73 Å². The number of benzene rings is 1.